The lowest BCUT2D eigenvalue weighted by atomic mass is 10.0. The third-order valence-corrected chi connectivity index (χ3v) is 5.87. The molecule has 0 spiro atoms. The summed E-state index contributed by atoms with van der Waals surface area (Å²) in [5.41, 5.74) is 3.26. The van der Waals surface area contributed by atoms with E-state index in [1.165, 1.54) is 37.0 Å². The van der Waals surface area contributed by atoms with E-state index in [1.807, 2.05) is 6.07 Å². The number of rotatable bonds is 6. The van der Waals surface area contributed by atoms with E-state index in [1.54, 1.807) is 7.11 Å². The van der Waals surface area contributed by atoms with Crippen LogP contribution in [0.5, 0.6) is 5.75 Å². The number of likely N-dealkylation sites (tertiary alicyclic amines) is 1. The molecule has 2 saturated heterocycles. The van der Waals surface area contributed by atoms with E-state index in [4.69, 9.17) is 14.5 Å². The van der Waals surface area contributed by atoms with Crippen LogP contribution in [0, 0.1) is 6.92 Å². The van der Waals surface area contributed by atoms with Gasteiger partial charge in [-0.25, -0.2) is 4.98 Å². The number of benzene rings is 1. The summed E-state index contributed by atoms with van der Waals surface area (Å²) in [6.45, 7) is 8.59. The molecule has 27 heavy (non-hydrogen) atoms. The molecule has 1 aromatic heterocycles. The molecule has 2 aliphatic rings. The highest BCUT2D eigenvalue weighted by Gasteiger charge is 2.22. The van der Waals surface area contributed by atoms with E-state index >= 15 is 0 Å². The Hall–Kier alpha value is -1.85. The number of hydrogen-bond donors (Lipinski definition) is 0. The van der Waals surface area contributed by atoms with Gasteiger partial charge in [0.15, 0.2) is 0 Å². The van der Waals surface area contributed by atoms with Gasteiger partial charge in [-0.15, -0.1) is 0 Å². The van der Waals surface area contributed by atoms with Crippen molar-refractivity contribution in [1.82, 2.24) is 9.88 Å². The van der Waals surface area contributed by atoms with Crippen molar-refractivity contribution in [2.75, 3.05) is 51.3 Å². The smallest absolute Gasteiger partial charge is 0.145 e. The lowest BCUT2D eigenvalue weighted by Gasteiger charge is -2.34. The first kappa shape index (κ1) is 18.5. The highest BCUT2D eigenvalue weighted by molar-refractivity contribution is 5.95. The number of methoxy groups -OCH3 is 1. The fraction of sp³-hybridized carbons (Fsp3) is 0.591. The summed E-state index contributed by atoms with van der Waals surface area (Å²) in [5, 5.41) is 1.17. The zero-order valence-corrected chi connectivity index (χ0v) is 16.6. The lowest BCUT2D eigenvalue weighted by molar-refractivity contribution is 0.0266. The maximum Gasteiger partial charge on any atom is 0.145 e. The minimum absolute atomic E-state index is 0.396. The number of pyridine rings is 1. The predicted molar refractivity (Wildman–Crippen MR) is 110 cm³/mol. The van der Waals surface area contributed by atoms with Crippen molar-refractivity contribution < 1.29 is 9.47 Å². The molecule has 0 bridgehead atoms. The Morgan fingerprint density at radius 3 is 2.63 bits per heavy atom. The molecule has 146 valence electrons. The zero-order valence-electron chi connectivity index (χ0n) is 16.6. The first-order chi connectivity index (χ1) is 13.2. The second kappa shape index (κ2) is 8.44. The Morgan fingerprint density at radius 2 is 1.89 bits per heavy atom. The normalized spacial score (nSPS) is 19.1. The topological polar surface area (TPSA) is 37.8 Å². The SMILES string of the molecule is COc1cccc2c(N3CCC(OCCN4CCCC4)CC3)cc(C)nc12. The third kappa shape index (κ3) is 4.19. The average molecular weight is 370 g/mol. The lowest BCUT2D eigenvalue weighted by Crippen LogP contribution is -2.38. The molecule has 2 fully saturated rings. The predicted octanol–water partition coefficient (Wildman–Crippen LogP) is 3.63. The number of fused-ring (bicyclic) bond motifs is 1. The van der Waals surface area contributed by atoms with Gasteiger partial charge < -0.3 is 19.3 Å². The van der Waals surface area contributed by atoms with Crippen molar-refractivity contribution in [2.45, 2.75) is 38.7 Å². The molecule has 4 rings (SSSR count). The van der Waals surface area contributed by atoms with Crippen LogP contribution >= 0.6 is 0 Å². The Labute approximate surface area is 162 Å². The van der Waals surface area contributed by atoms with Crippen molar-refractivity contribution in [3.8, 4) is 5.75 Å². The highest BCUT2D eigenvalue weighted by Crippen LogP contribution is 2.33. The molecule has 5 heteroatoms. The Bertz CT molecular complexity index is 765. The fourth-order valence-electron chi connectivity index (χ4n) is 4.37. The molecule has 5 nitrogen and oxygen atoms in total. The average Bonchev–Trinajstić information content (AvgIpc) is 3.21. The molecule has 0 atom stereocenters. The zero-order chi connectivity index (χ0) is 18.6. The molecular formula is C22H31N3O2. The second-order valence-electron chi connectivity index (χ2n) is 7.75. The van der Waals surface area contributed by atoms with Crippen molar-refractivity contribution in [3.05, 3.63) is 30.0 Å². The Balaban J connectivity index is 1.39. The number of anilines is 1. The summed E-state index contributed by atoms with van der Waals surface area (Å²) >= 11 is 0. The van der Waals surface area contributed by atoms with E-state index < -0.39 is 0 Å². The molecule has 1 aromatic carbocycles. The Morgan fingerprint density at radius 1 is 1.11 bits per heavy atom. The van der Waals surface area contributed by atoms with Crippen molar-refractivity contribution in [2.24, 2.45) is 0 Å². The molecule has 0 unspecified atom stereocenters. The summed E-state index contributed by atoms with van der Waals surface area (Å²) in [6.07, 6.45) is 5.28. The molecule has 2 aromatic rings. The molecule has 2 aliphatic heterocycles. The first-order valence-electron chi connectivity index (χ1n) is 10.3. The van der Waals surface area contributed by atoms with Crippen molar-refractivity contribution in [1.29, 1.82) is 0 Å². The number of piperidine rings is 1. The molecule has 0 aliphatic carbocycles. The van der Waals surface area contributed by atoms with Gasteiger partial charge in [-0.3, -0.25) is 0 Å². The third-order valence-electron chi connectivity index (χ3n) is 5.87. The second-order valence-corrected chi connectivity index (χ2v) is 7.75. The number of nitrogens with zero attached hydrogens (tertiary/aromatic N) is 3. The monoisotopic (exact) mass is 369 g/mol. The maximum atomic E-state index is 6.18. The number of aryl methyl sites for hydroxylation is 1. The van der Waals surface area contributed by atoms with Gasteiger partial charge in [-0.1, -0.05) is 12.1 Å². The number of ether oxygens (including phenoxy) is 2. The van der Waals surface area contributed by atoms with Crippen molar-refractivity contribution in [3.63, 3.8) is 0 Å². The molecule has 0 N–H and O–H groups in total. The van der Waals surface area contributed by atoms with E-state index in [0.29, 0.717) is 6.10 Å². The minimum Gasteiger partial charge on any atom is -0.494 e. The van der Waals surface area contributed by atoms with Crippen LogP contribution in [0.4, 0.5) is 5.69 Å². The van der Waals surface area contributed by atoms with Crippen LogP contribution in [-0.2, 0) is 4.74 Å². The van der Waals surface area contributed by atoms with E-state index in [9.17, 15) is 0 Å². The van der Waals surface area contributed by atoms with Gasteiger partial charge in [-0.2, -0.15) is 0 Å². The minimum atomic E-state index is 0.396. The molecule has 3 heterocycles. The van der Waals surface area contributed by atoms with Gasteiger partial charge >= 0.3 is 0 Å². The van der Waals surface area contributed by atoms with Crippen LogP contribution < -0.4 is 9.64 Å². The van der Waals surface area contributed by atoms with E-state index in [2.05, 4.69) is 34.9 Å². The van der Waals surface area contributed by atoms with Gasteiger partial charge in [0.2, 0.25) is 0 Å². The van der Waals surface area contributed by atoms with Crippen LogP contribution in [0.3, 0.4) is 0 Å². The van der Waals surface area contributed by atoms with Crippen LogP contribution in [0.15, 0.2) is 24.3 Å². The number of aromatic nitrogens is 1. The quantitative estimate of drug-likeness (QED) is 0.777. The van der Waals surface area contributed by atoms with Crippen LogP contribution in [-0.4, -0.2) is 62.4 Å². The first-order valence-corrected chi connectivity index (χ1v) is 10.3. The standard InChI is InChI=1S/C22H31N3O2/c1-17-16-20(19-6-5-7-21(26-2)22(19)23-17)25-12-8-18(9-13-25)27-15-14-24-10-3-4-11-24/h5-7,16,18H,3-4,8-15H2,1-2H3. The van der Waals surface area contributed by atoms with E-state index in [0.717, 1.165) is 56.0 Å². The summed E-state index contributed by atoms with van der Waals surface area (Å²) in [7, 11) is 1.71. The molecule has 0 amide bonds. The van der Waals surface area contributed by atoms with Gasteiger partial charge in [0.05, 0.1) is 19.8 Å². The van der Waals surface area contributed by atoms with Gasteiger partial charge in [-0.05, 0) is 57.8 Å². The van der Waals surface area contributed by atoms with Gasteiger partial charge in [0.1, 0.15) is 11.3 Å². The number of hydrogen-bond acceptors (Lipinski definition) is 5. The van der Waals surface area contributed by atoms with Crippen LogP contribution in [0.25, 0.3) is 10.9 Å². The maximum absolute atomic E-state index is 6.18. The Kier molecular flexibility index (Phi) is 5.79. The molecule has 0 radical (unpaired) electrons. The largest absolute Gasteiger partial charge is 0.494 e. The van der Waals surface area contributed by atoms with Crippen LogP contribution in [0.1, 0.15) is 31.4 Å². The van der Waals surface area contributed by atoms with Gasteiger partial charge in [0, 0.05) is 36.4 Å². The highest BCUT2D eigenvalue weighted by atomic mass is 16.5. The number of para-hydroxylation sites is 1. The summed E-state index contributed by atoms with van der Waals surface area (Å²) in [6, 6.07) is 8.39. The van der Waals surface area contributed by atoms with E-state index in [-0.39, 0.29) is 0 Å². The van der Waals surface area contributed by atoms with Crippen molar-refractivity contribution >= 4 is 16.6 Å². The van der Waals surface area contributed by atoms with Gasteiger partial charge in [0.25, 0.3) is 0 Å². The van der Waals surface area contributed by atoms with Crippen LogP contribution in [0.2, 0.25) is 0 Å². The molecular weight excluding hydrogens is 338 g/mol. The summed E-state index contributed by atoms with van der Waals surface area (Å²) in [4.78, 5) is 9.72. The fourth-order valence-corrected chi connectivity index (χ4v) is 4.37. The summed E-state index contributed by atoms with van der Waals surface area (Å²) < 4.78 is 11.7. The molecule has 0 saturated carbocycles. The summed E-state index contributed by atoms with van der Waals surface area (Å²) in [5.74, 6) is 0.845.